The largest absolute Gasteiger partial charge is 0.495 e. The Balaban J connectivity index is 2.38. The number of hydrogen-bond donors (Lipinski definition) is 0. The maximum absolute atomic E-state index is 12.6. The lowest BCUT2D eigenvalue weighted by Gasteiger charge is -2.31. The van der Waals surface area contributed by atoms with E-state index >= 15 is 0 Å². The summed E-state index contributed by atoms with van der Waals surface area (Å²) in [4.78, 5) is 12.2. The second kappa shape index (κ2) is 5.96. The van der Waals surface area contributed by atoms with E-state index in [0.29, 0.717) is 26.2 Å². The van der Waals surface area contributed by atoms with E-state index in [0.717, 1.165) is 6.07 Å². The van der Waals surface area contributed by atoms with E-state index in [9.17, 15) is 18.5 Å². The van der Waals surface area contributed by atoms with Crippen LogP contribution in [0.1, 0.15) is 0 Å². The molecule has 9 heteroatoms. The highest BCUT2D eigenvalue weighted by molar-refractivity contribution is 7.89. The molecule has 8 nitrogen and oxygen atoms in total. The predicted octanol–water partition coefficient (Wildman–Crippen LogP) is 0.540. The van der Waals surface area contributed by atoms with E-state index < -0.39 is 14.9 Å². The molecule has 0 amide bonds. The number of non-ortho nitro benzene ring substituents is 1. The number of methoxy groups -OCH3 is 1. The van der Waals surface area contributed by atoms with Gasteiger partial charge >= 0.3 is 0 Å². The zero-order valence-electron chi connectivity index (χ0n) is 11.9. The average Bonchev–Trinajstić information content (AvgIpc) is 2.46. The molecule has 1 saturated heterocycles. The number of piperazine rings is 1. The molecule has 116 valence electrons. The first-order chi connectivity index (χ1) is 9.86. The highest BCUT2D eigenvalue weighted by atomic mass is 32.2. The summed E-state index contributed by atoms with van der Waals surface area (Å²) in [6, 6.07) is 3.53. The lowest BCUT2D eigenvalue weighted by molar-refractivity contribution is -0.385. The van der Waals surface area contributed by atoms with Gasteiger partial charge in [-0.15, -0.1) is 0 Å². The molecule has 0 bridgehead atoms. The Kier molecular flexibility index (Phi) is 4.45. The first kappa shape index (κ1) is 15.7. The van der Waals surface area contributed by atoms with Crippen molar-refractivity contribution >= 4 is 15.7 Å². The standard InChI is InChI=1S/C12H17N3O5S/c1-13-5-7-14(8-6-13)21(18,19)12-4-3-10(15(16)17)9-11(12)20-2/h3-4,9H,5-8H2,1-2H3. The number of benzene rings is 1. The number of likely N-dealkylation sites (N-methyl/N-ethyl adjacent to an activating group) is 1. The summed E-state index contributed by atoms with van der Waals surface area (Å²) in [5.41, 5.74) is -0.204. The van der Waals surface area contributed by atoms with E-state index in [4.69, 9.17) is 4.74 Å². The van der Waals surface area contributed by atoms with Crippen molar-refractivity contribution < 1.29 is 18.1 Å². The van der Waals surface area contributed by atoms with Crippen molar-refractivity contribution in [2.45, 2.75) is 4.90 Å². The minimum atomic E-state index is -3.71. The smallest absolute Gasteiger partial charge is 0.273 e. The van der Waals surface area contributed by atoms with Gasteiger partial charge in [0.25, 0.3) is 5.69 Å². The third-order valence-electron chi connectivity index (χ3n) is 3.44. The molecule has 2 rings (SSSR count). The SMILES string of the molecule is COc1cc([N+](=O)[O-])ccc1S(=O)(=O)N1CCN(C)CC1. The van der Waals surface area contributed by atoms with Gasteiger partial charge in [-0.25, -0.2) is 8.42 Å². The van der Waals surface area contributed by atoms with Gasteiger partial charge in [0.1, 0.15) is 10.6 Å². The van der Waals surface area contributed by atoms with Gasteiger partial charge in [0.05, 0.1) is 18.1 Å². The minimum absolute atomic E-state index is 0.0110. The van der Waals surface area contributed by atoms with Gasteiger partial charge in [-0.1, -0.05) is 0 Å². The molecule has 1 aliphatic heterocycles. The molecule has 0 saturated carbocycles. The van der Waals surface area contributed by atoms with E-state index in [1.807, 2.05) is 11.9 Å². The van der Waals surface area contributed by atoms with Crippen molar-refractivity contribution in [2.75, 3.05) is 40.3 Å². The highest BCUT2D eigenvalue weighted by Crippen LogP contribution is 2.30. The maximum atomic E-state index is 12.6. The average molecular weight is 315 g/mol. The van der Waals surface area contributed by atoms with Crippen LogP contribution in [-0.2, 0) is 10.0 Å². The summed E-state index contributed by atoms with van der Waals surface area (Å²) < 4.78 is 31.6. The van der Waals surface area contributed by atoms with Crippen LogP contribution in [0.25, 0.3) is 0 Å². The third kappa shape index (κ3) is 3.14. The molecule has 21 heavy (non-hydrogen) atoms. The monoisotopic (exact) mass is 315 g/mol. The van der Waals surface area contributed by atoms with Crippen LogP contribution >= 0.6 is 0 Å². The fourth-order valence-electron chi connectivity index (χ4n) is 2.15. The van der Waals surface area contributed by atoms with E-state index in [-0.39, 0.29) is 16.3 Å². The van der Waals surface area contributed by atoms with Crippen LogP contribution in [-0.4, -0.2) is 62.9 Å². The van der Waals surface area contributed by atoms with E-state index in [1.54, 1.807) is 0 Å². The Morgan fingerprint density at radius 1 is 1.24 bits per heavy atom. The van der Waals surface area contributed by atoms with Gasteiger partial charge < -0.3 is 9.64 Å². The first-order valence-electron chi connectivity index (χ1n) is 6.37. The predicted molar refractivity (Wildman–Crippen MR) is 75.9 cm³/mol. The number of nitro benzene ring substituents is 1. The third-order valence-corrected chi connectivity index (χ3v) is 5.38. The summed E-state index contributed by atoms with van der Waals surface area (Å²) >= 11 is 0. The topological polar surface area (TPSA) is 93.0 Å². The van der Waals surface area contributed by atoms with Crippen LogP contribution in [0.5, 0.6) is 5.75 Å². The Labute approximate surface area is 123 Å². The van der Waals surface area contributed by atoms with Crippen LogP contribution in [0.15, 0.2) is 23.1 Å². The molecule has 1 aromatic carbocycles. The fraction of sp³-hybridized carbons (Fsp3) is 0.500. The van der Waals surface area contributed by atoms with Crippen LogP contribution in [0.4, 0.5) is 5.69 Å². The lowest BCUT2D eigenvalue weighted by Crippen LogP contribution is -2.47. The van der Waals surface area contributed by atoms with Crippen LogP contribution in [0, 0.1) is 10.1 Å². The molecule has 0 radical (unpaired) electrons. The van der Waals surface area contributed by atoms with Gasteiger partial charge in [0.15, 0.2) is 0 Å². The van der Waals surface area contributed by atoms with Crippen molar-refractivity contribution in [3.63, 3.8) is 0 Å². The summed E-state index contributed by atoms with van der Waals surface area (Å²) in [6.07, 6.45) is 0. The number of nitro groups is 1. The van der Waals surface area contributed by atoms with Crippen molar-refractivity contribution in [2.24, 2.45) is 0 Å². The maximum Gasteiger partial charge on any atom is 0.273 e. The zero-order chi connectivity index (χ0) is 15.6. The van der Waals surface area contributed by atoms with Crippen molar-refractivity contribution in [1.29, 1.82) is 0 Å². The van der Waals surface area contributed by atoms with Crippen molar-refractivity contribution in [3.05, 3.63) is 28.3 Å². The highest BCUT2D eigenvalue weighted by Gasteiger charge is 2.30. The normalized spacial score (nSPS) is 17.6. The Morgan fingerprint density at radius 2 is 1.86 bits per heavy atom. The molecule has 0 spiro atoms. The fourth-order valence-corrected chi connectivity index (χ4v) is 3.71. The number of nitrogens with zero attached hydrogens (tertiary/aromatic N) is 3. The van der Waals surface area contributed by atoms with Crippen molar-refractivity contribution in [3.8, 4) is 5.75 Å². The van der Waals surface area contributed by atoms with Gasteiger partial charge in [-0.2, -0.15) is 4.31 Å². The molecule has 1 heterocycles. The summed E-state index contributed by atoms with van der Waals surface area (Å²) in [6.45, 7) is 2.07. The van der Waals surface area contributed by atoms with Crippen molar-refractivity contribution in [1.82, 2.24) is 9.21 Å². The Bertz CT molecular complexity index is 638. The molecule has 0 aliphatic carbocycles. The summed E-state index contributed by atoms with van der Waals surface area (Å²) in [5.74, 6) is -0.0110. The van der Waals surface area contributed by atoms with Crippen LogP contribution in [0.2, 0.25) is 0 Å². The molecule has 0 aromatic heterocycles. The van der Waals surface area contributed by atoms with Gasteiger partial charge in [-0.3, -0.25) is 10.1 Å². The second-order valence-corrected chi connectivity index (χ2v) is 6.71. The number of sulfonamides is 1. The molecule has 0 atom stereocenters. The first-order valence-corrected chi connectivity index (χ1v) is 7.81. The Morgan fingerprint density at radius 3 is 2.38 bits per heavy atom. The van der Waals surface area contributed by atoms with E-state index in [1.165, 1.54) is 23.5 Å². The molecular weight excluding hydrogens is 298 g/mol. The number of hydrogen-bond acceptors (Lipinski definition) is 6. The quantitative estimate of drug-likeness (QED) is 0.595. The minimum Gasteiger partial charge on any atom is -0.495 e. The van der Waals surface area contributed by atoms with E-state index in [2.05, 4.69) is 0 Å². The number of rotatable bonds is 4. The summed E-state index contributed by atoms with van der Waals surface area (Å²) in [7, 11) is -0.491. The summed E-state index contributed by atoms with van der Waals surface area (Å²) in [5, 5.41) is 10.8. The van der Waals surface area contributed by atoms with Gasteiger partial charge in [0.2, 0.25) is 10.0 Å². The number of ether oxygens (including phenoxy) is 1. The Hall–Kier alpha value is -1.71. The molecular formula is C12H17N3O5S. The molecule has 1 aromatic rings. The molecule has 0 unspecified atom stereocenters. The second-order valence-electron chi connectivity index (χ2n) is 4.80. The zero-order valence-corrected chi connectivity index (χ0v) is 12.7. The lowest BCUT2D eigenvalue weighted by atomic mass is 10.3. The van der Waals surface area contributed by atoms with Crippen LogP contribution < -0.4 is 4.74 Å². The molecule has 1 aliphatic rings. The molecule has 0 N–H and O–H groups in total. The van der Waals surface area contributed by atoms with Crippen LogP contribution in [0.3, 0.4) is 0 Å². The molecule has 1 fully saturated rings. The van der Waals surface area contributed by atoms with Gasteiger partial charge in [0, 0.05) is 32.2 Å². The van der Waals surface area contributed by atoms with Gasteiger partial charge in [-0.05, 0) is 13.1 Å².